The van der Waals surface area contributed by atoms with E-state index in [0.29, 0.717) is 15.2 Å². The third-order valence-electron chi connectivity index (χ3n) is 4.89. The maximum atomic E-state index is 13.0. The smallest absolute Gasteiger partial charge is 0.226 e. The van der Waals surface area contributed by atoms with Gasteiger partial charge < -0.3 is 10.6 Å². The highest BCUT2D eigenvalue weighted by Gasteiger charge is 2.18. The Morgan fingerprint density at radius 2 is 1.56 bits per heavy atom. The quantitative estimate of drug-likeness (QED) is 0.165. The van der Waals surface area contributed by atoms with Crippen LogP contribution in [0.1, 0.15) is 18.0 Å². The van der Waals surface area contributed by atoms with Gasteiger partial charge in [-0.2, -0.15) is 0 Å². The predicted octanol–water partition coefficient (Wildman–Crippen LogP) is 6.06. The minimum Gasteiger partial charge on any atom is -0.378 e. The van der Waals surface area contributed by atoms with Gasteiger partial charge in [0.2, 0.25) is 5.91 Å². The molecule has 1 unspecified atom stereocenters. The highest BCUT2D eigenvalue weighted by molar-refractivity contribution is 7.80. The molecule has 3 aromatic carbocycles. The molecule has 0 bridgehead atoms. The first-order chi connectivity index (χ1) is 15.5. The number of anilines is 2. The van der Waals surface area contributed by atoms with E-state index in [9.17, 15) is 4.79 Å². The van der Waals surface area contributed by atoms with Crippen LogP contribution in [0.4, 0.5) is 11.4 Å². The van der Waals surface area contributed by atoms with E-state index in [1.807, 2.05) is 78.9 Å². The number of aromatic nitrogens is 3. The molecule has 32 heavy (non-hydrogen) atoms. The van der Waals surface area contributed by atoms with E-state index in [0.717, 1.165) is 21.8 Å². The number of rotatable bonds is 7. The molecule has 0 aliphatic rings. The van der Waals surface area contributed by atoms with Crippen molar-refractivity contribution in [2.24, 2.45) is 0 Å². The Hall–Kier alpha value is -3.14. The van der Waals surface area contributed by atoms with Gasteiger partial charge in [-0.3, -0.25) is 19.6 Å². The average Bonchev–Trinajstić information content (AvgIpc) is 3.12. The molecule has 0 saturated heterocycles. The van der Waals surface area contributed by atoms with E-state index >= 15 is 0 Å². The number of aromatic amines is 2. The second-order valence-electron chi connectivity index (χ2n) is 7.12. The fourth-order valence-corrected chi connectivity index (χ4v) is 4.29. The maximum Gasteiger partial charge on any atom is 0.226 e. The van der Waals surface area contributed by atoms with Crippen molar-refractivity contribution in [3.05, 3.63) is 94.0 Å². The molecule has 0 spiro atoms. The van der Waals surface area contributed by atoms with Crippen molar-refractivity contribution in [2.75, 3.05) is 10.6 Å². The van der Waals surface area contributed by atoms with Gasteiger partial charge in [0.15, 0.2) is 9.54 Å². The molecule has 0 aliphatic carbocycles. The number of benzene rings is 3. The van der Waals surface area contributed by atoms with Crippen molar-refractivity contribution in [3.63, 3.8) is 0 Å². The largest absolute Gasteiger partial charge is 0.378 e. The van der Waals surface area contributed by atoms with Crippen LogP contribution in [-0.2, 0) is 4.79 Å². The lowest BCUT2D eigenvalue weighted by molar-refractivity contribution is -0.116. The molecule has 4 aromatic rings. The normalized spacial score (nSPS) is 11.7. The van der Waals surface area contributed by atoms with E-state index < -0.39 is 0 Å². The van der Waals surface area contributed by atoms with Crippen LogP contribution in [0, 0.1) is 9.54 Å². The number of carbonyl (C=O) groups excluding carboxylic acids is 1. The summed E-state index contributed by atoms with van der Waals surface area (Å²) in [6, 6.07) is 24.7. The topological polar surface area (TPSA) is 77.6 Å². The zero-order chi connectivity index (χ0) is 22.5. The van der Waals surface area contributed by atoms with Gasteiger partial charge in [0.05, 0.1) is 18.2 Å². The Kier molecular flexibility index (Phi) is 6.89. The summed E-state index contributed by atoms with van der Waals surface area (Å²) in [5, 5.41) is 12.1. The maximum absolute atomic E-state index is 13.0. The van der Waals surface area contributed by atoms with Crippen molar-refractivity contribution in [1.82, 2.24) is 14.8 Å². The van der Waals surface area contributed by atoms with Gasteiger partial charge in [0.25, 0.3) is 0 Å². The van der Waals surface area contributed by atoms with Crippen LogP contribution < -0.4 is 10.6 Å². The third-order valence-corrected chi connectivity index (χ3v) is 5.86. The minimum atomic E-state index is -0.249. The van der Waals surface area contributed by atoms with E-state index in [2.05, 4.69) is 33.5 Å². The minimum absolute atomic E-state index is 0.130. The number of amides is 1. The number of para-hydroxylation sites is 1. The van der Waals surface area contributed by atoms with Gasteiger partial charge in [-0.1, -0.05) is 42.5 Å². The highest BCUT2D eigenvalue weighted by Crippen LogP contribution is 2.28. The SMILES string of the molecule is O=C(CC(Nc1ccccc1)c1ccccc1S)Nc1cccc(-n2c(=S)[nH][nH]c2=S)c1. The summed E-state index contributed by atoms with van der Waals surface area (Å²) in [6.45, 7) is 0. The zero-order valence-electron chi connectivity index (χ0n) is 16.9. The molecular weight excluding hydrogens is 458 g/mol. The summed E-state index contributed by atoms with van der Waals surface area (Å²) in [4.78, 5) is 13.8. The lowest BCUT2D eigenvalue weighted by Gasteiger charge is -2.21. The fourth-order valence-electron chi connectivity index (χ4n) is 3.42. The molecule has 1 aromatic heterocycles. The molecule has 0 fully saturated rings. The zero-order valence-corrected chi connectivity index (χ0v) is 19.4. The second kappa shape index (κ2) is 9.99. The van der Waals surface area contributed by atoms with Crippen molar-refractivity contribution < 1.29 is 4.79 Å². The summed E-state index contributed by atoms with van der Waals surface area (Å²) < 4.78 is 2.60. The number of thiol groups is 1. The van der Waals surface area contributed by atoms with Gasteiger partial charge in [-0.05, 0) is 66.4 Å². The van der Waals surface area contributed by atoms with Crippen LogP contribution in [0.3, 0.4) is 0 Å². The van der Waals surface area contributed by atoms with E-state index in [1.165, 1.54) is 0 Å². The number of carbonyl (C=O) groups is 1. The molecule has 0 saturated carbocycles. The molecule has 9 heteroatoms. The number of hydrogen-bond acceptors (Lipinski definition) is 5. The molecule has 4 rings (SSSR count). The van der Waals surface area contributed by atoms with Crippen LogP contribution >= 0.6 is 37.1 Å². The van der Waals surface area contributed by atoms with Gasteiger partial charge in [-0.15, -0.1) is 12.6 Å². The third kappa shape index (κ3) is 5.18. The van der Waals surface area contributed by atoms with Gasteiger partial charge >= 0.3 is 0 Å². The highest BCUT2D eigenvalue weighted by atomic mass is 32.1. The van der Waals surface area contributed by atoms with Crippen molar-refractivity contribution in [1.29, 1.82) is 0 Å². The molecule has 1 amide bonds. The molecule has 0 radical (unpaired) electrons. The van der Waals surface area contributed by atoms with Gasteiger partial charge in [-0.25, -0.2) is 0 Å². The van der Waals surface area contributed by atoms with Crippen molar-refractivity contribution in [3.8, 4) is 5.69 Å². The second-order valence-corrected chi connectivity index (χ2v) is 8.38. The first kappa shape index (κ1) is 22.1. The van der Waals surface area contributed by atoms with E-state index in [-0.39, 0.29) is 18.4 Å². The van der Waals surface area contributed by atoms with Crippen LogP contribution in [0.5, 0.6) is 0 Å². The first-order valence-electron chi connectivity index (χ1n) is 9.91. The van der Waals surface area contributed by atoms with E-state index in [4.69, 9.17) is 24.4 Å². The number of hydrogen-bond donors (Lipinski definition) is 5. The summed E-state index contributed by atoms with van der Waals surface area (Å²) in [5.74, 6) is -0.130. The lowest BCUT2D eigenvalue weighted by Crippen LogP contribution is -2.21. The molecule has 0 aliphatic heterocycles. The van der Waals surface area contributed by atoms with Crippen LogP contribution in [-0.4, -0.2) is 20.7 Å². The molecule has 1 atom stereocenters. The molecule has 162 valence electrons. The van der Waals surface area contributed by atoms with Crippen LogP contribution in [0.25, 0.3) is 5.69 Å². The van der Waals surface area contributed by atoms with Crippen molar-refractivity contribution in [2.45, 2.75) is 17.4 Å². The summed E-state index contributed by atoms with van der Waals surface area (Å²) >= 11 is 15.1. The Morgan fingerprint density at radius 3 is 2.28 bits per heavy atom. The monoisotopic (exact) mass is 479 g/mol. The van der Waals surface area contributed by atoms with Gasteiger partial charge in [0.1, 0.15) is 0 Å². The number of nitrogens with zero attached hydrogens (tertiary/aromatic N) is 1. The average molecular weight is 480 g/mol. The Balaban J connectivity index is 1.55. The molecule has 4 N–H and O–H groups in total. The summed E-state index contributed by atoms with van der Waals surface area (Å²) in [5.41, 5.74) is 3.30. The standard InChI is InChI=1S/C23H21N5OS3/c29-21(25-16-9-6-10-17(13-16)28-22(31)26-27-23(28)32)14-19(18-11-4-5-12-20(18)30)24-15-7-2-1-3-8-15/h1-13,19,24,30H,14H2,(H,25,29)(H,26,31)(H,27,32). The molecular formula is C23H21N5OS3. The Bertz CT molecular complexity index is 1320. The fraction of sp³-hybridized carbons (Fsp3) is 0.0870. The lowest BCUT2D eigenvalue weighted by atomic mass is 10.0. The van der Waals surface area contributed by atoms with Crippen molar-refractivity contribution >= 4 is 54.3 Å². The first-order valence-corrected chi connectivity index (χ1v) is 11.2. The van der Waals surface area contributed by atoms with E-state index in [1.54, 1.807) is 4.57 Å². The number of H-pyrrole nitrogens is 2. The summed E-state index contributed by atoms with van der Waals surface area (Å²) in [6.07, 6.45) is 0.223. The Morgan fingerprint density at radius 1 is 0.906 bits per heavy atom. The van der Waals surface area contributed by atoms with Gasteiger partial charge in [0, 0.05) is 16.3 Å². The Labute approximate surface area is 201 Å². The van der Waals surface area contributed by atoms with Crippen LogP contribution in [0.2, 0.25) is 0 Å². The molecule has 6 nitrogen and oxygen atoms in total. The van der Waals surface area contributed by atoms with Crippen LogP contribution in [0.15, 0.2) is 83.8 Å². The summed E-state index contributed by atoms with van der Waals surface area (Å²) in [7, 11) is 0. The predicted molar refractivity (Wildman–Crippen MR) is 136 cm³/mol. The molecule has 1 heterocycles. The number of nitrogens with one attached hydrogen (secondary N) is 4.